The Morgan fingerprint density at radius 2 is 1.84 bits per heavy atom. The lowest BCUT2D eigenvalue weighted by atomic mass is 9.96. The Hall–Kier alpha value is -0.860. The maximum absolute atomic E-state index is 3.70. The first kappa shape index (κ1) is 14.5. The van der Waals surface area contributed by atoms with Crippen LogP contribution in [0.15, 0.2) is 24.3 Å². The minimum absolute atomic E-state index is 0.463. The van der Waals surface area contributed by atoms with Gasteiger partial charge in [0.2, 0.25) is 0 Å². The Balaban J connectivity index is 1.78. The molecule has 2 heteroatoms. The molecule has 1 unspecified atom stereocenters. The van der Waals surface area contributed by atoms with Crippen LogP contribution in [0.1, 0.15) is 43.9 Å². The Kier molecular flexibility index (Phi) is 5.41. The third-order valence-corrected chi connectivity index (χ3v) is 4.44. The van der Waals surface area contributed by atoms with Crippen molar-refractivity contribution in [3.63, 3.8) is 0 Å². The molecular weight excluding hydrogens is 232 g/mol. The highest BCUT2D eigenvalue weighted by molar-refractivity contribution is 5.24. The van der Waals surface area contributed by atoms with Crippen molar-refractivity contribution in [2.45, 2.75) is 39.2 Å². The number of aryl methyl sites for hydroxylation is 1. The van der Waals surface area contributed by atoms with E-state index in [1.165, 1.54) is 37.1 Å². The molecule has 2 nitrogen and oxygen atoms in total. The summed E-state index contributed by atoms with van der Waals surface area (Å²) < 4.78 is 0. The van der Waals surface area contributed by atoms with E-state index < -0.39 is 0 Å². The van der Waals surface area contributed by atoms with E-state index in [4.69, 9.17) is 0 Å². The van der Waals surface area contributed by atoms with E-state index in [1.54, 1.807) is 0 Å². The monoisotopic (exact) mass is 260 g/mol. The van der Waals surface area contributed by atoms with Gasteiger partial charge in [0.25, 0.3) is 0 Å². The fourth-order valence-electron chi connectivity index (χ4n) is 2.77. The molecule has 1 fully saturated rings. The zero-order valence-electron chi connectivity index (χ0n) is 12.7. The Morgan fingerprint density at radius 3 is 2.42 bits per heavy atom. The number of piperidine rings is 1. The van der Waals surface area contributed by atoms with Gasteiger partial charge < -0.3 is 10.2 Å². The third kappa shape index (κ3) is 4.32. The van der Waals surface area contributed by atoms with Gasteiger partial charge in [-0.3, -0.25) is 0 Å². The van der Waals surface area contributed by atoms with E-state index >= 15 is 0 Å². The van der Waals surface area contributed by atoms with E-state index in [-0.39, 0.29) is 0 Å². The van der Waals surface area contributed by atoms with Crippen molar-refractivity contribution in [1.29, 1.82) is 0 Å². The lowest BCUT2D eigenvalue weighted by Crippen LogP contribution is -2.35. The van der Waals surface area contributed by atoms with Gasteiger partial charge in [-0.05, 0) is 69.9 Å². The second kappa shape index (κ2) is 7.06. The summed E-state index contributed by atoms with van der Waals surface area (Å²) in [5.74, 6) is 0.855. The smallest absolute Gasteiger partial charge is 0.0291 e. The van der Waals surface area contributed by atoms with E-state index in [0.717, 1.165) is 18.9 Å². The molecule has 1 aromatic carbocycles. The van der Waals surface area contributed by atoms with Crippen LogP contribution < -0.4 is 5.32 Å². The summed E-state index contributed by atoms with van der Waals surface area (Å²) >= 11 is 0. The molecule has 1 aliphatic heterocycles. The number of hydrogen-bond donors (Lipinski definition) is 1. The van der Waals surface area contributed by atoms with Gasteiger partial charge in [0, 0.05) is 6.04 Å². The van der Waals surface area contributed by atoms with E-state index in [1.807, 2.05) is 0 Å². The molecule has 0 bridgehead atoms. The van der Waals surface area contributed by atoms with Gasteiger partial charge in [0.1, 0.15) is 0 Å². The molecule has 1 atom stereocenters. The molecule has 1 aromatic rings. The Morgan fingerprint density at radius 1 is 1.21 bits per heavy atom. The summed E-state index contributed by atoms with van der Waals surface area (Å²) in [5, 5.41) is 3.70. The van der Waals surface area contributed by atoms with Gasteiger partial charge in [0.05, 0.1) is 0 Å². The Labute approximate surface area is 118 Å². The minimum Gasteiger partial charge on any atom is -0.310 e. The molecular formula is C17H28N2. The molecule has 0 aliphatic carbocycles. The fraction of sp³-hybridized carbons (Fsp3) is 0.647. The molecule has 0 amide bonds. The highest BCUT2D eigenvalue weighted by Crippen LogP contribution is 2.18. The largest absolute Gasteiger partial charge is 0.310 e. The standard InChI is InChI=1S/C17H28N2/c1-4-15-5-7-17(8-6-15)14(2)18-13-16-9-11-19(3)12-10-16/h5-8,14,16,18H,4,9-13H2,1-3H3. The van der Waals surface area contributed by atoms with Crippen molar-refractivity contribution in [1.82, 2.24) is 10.2 Å². The van der Waals surface area contributed by atoms with E-state index in [2.05, 4.69) is 55.4 Å². The summed E-state index contributed by atoms with van der Waals surface area (Å²) in [4.78, 5) is 2.43. The summed E-state index contributed by atoms with van der Waals surface area (Å²) in [5.41, 5.74) is 2.83. The molecule has 1 N–H and O–H groups in total. The number of likely N-dealkylation sites (tertiary alicyclic amines) is 1. The van der Waals surface area contributed by atoms with Crippen molar-refractivity contribution >= 4 is 0 Å². The number of nitrogens with one attached hydrogen (secondary N) is 1. The highest BCUT2D eigenvalue weighted by atomic mass is 15.1. The van der Waals surface area contributed by atoms with Gasteiger partial charge in [-0.1, -0.05) is 31.2 Å². The van der Waals surface area contributed by atoms with Crippen LogP contribution in [0.3, 0.4) is 0 Å². The van der Waals surface area contributed by atoms with Crippen molar-refractivity contribution in [3.05, 3.63) is 35.4 Å². The lowest BCUT2D eigenvalue weighted by Gasteiger charge is -2.30. The van der Waals surface area contributed by atoms with E-state index in [9.17, 15) is 0 Å². The zero-order chi connectivity index (χ0) is 13.7. The molecule has 0 aromatic heterocycles. The molecule has 0 radical (unpaired) electrons. The molecule has 19 heavy (non-hydrogen) atoms. The first-order valence-corrected chi connectivity index (χ1v) is 7.69. The Bertz CT molecular complexity index is 363. The summed E-state index contributed by atoms with van der Waals surface area (Å²) in [7, 11) is 2.22. The van der Waals surface area contributed by atoms with Crippen LogP contribution in [0.4, 0.5) is 0 Å². The predicted molar refractivity (Wildman–Crippen MR) is 82.5 cm³/mol. The molecule has 1 aliphatic rings. The van der Waals surface area contributed by atoms with Crippen LogP contribution in [-0.4, -0.2) is 31.6 Å². The van der Waals surface area contributed by atoms with Gasteiger partial charge in [-0.2, -0.15) is 0 Å². The van der Waals surface area contributed by atoms with Crippen molar-refractivity contribution < 1.29 is 0 Å². The highest BCUT2D eigenvalue weighted by Gasteiger charge is 2.17. The molecule has 0 saturated carbocycles. The maximum atomic E-state index is 3.70. The quantitative estimate of drug-likeness (QED) is 0.874. The summed E-state index contributed by atoms with van der Waals surface area (Å²) in [6, 6.07) is 9.51. The third-order valence-electron chi connectivity index (χ3n) is 4.44. The fourth-order valence-corrected chi connectivity index (χ4v) is 2.77. The van der Waals surface area contributed by atoms with E-state index in [0.29, 0.717) is 6.04 Å². The zero-order valence-corrected chi connectivity index (χ0v) is 12.7. The molecule has 0 spiro atoms. The second-order valence-corrected chi connectivity index (χ2v) is 5.97. The lowest BCUT2D eigenvalue weighted by molar-refractivity contribution is 0.213. The van der Waals surface area contributed by atoms with Crippen molar-refractivity contribution in [2.24, 2.45) is 5.92 Å². The van der Waals surface area contributed by atoms with Crippen LogP contribution in [0, 0.1) is 5.92 Å². The number of nitrogens with zero attached hydrogens (tertiary/aromatic N) is 1. The number of benzene rings is 1. The number of hydrogen-bond acceptors (Lipinski definition) is 2. The van der Waals surface area contributed by atoms with Gasteiger partial charge in [0.15, 0.2) is 0 Å². The summed E-state index contributed by atoms with van der Waals surface area (Å²) in [6.45, 7) is 8.15. The minimum atomic E-state index is 0.463. The molecule has 1 saturated heterocycles. The van der Waals surface area contributed by atoms with Crippen molar-refractivity contribution in [2.75, 3.05) is 26.7 Å². The SMILES string of the molecule is CCc1ccc(C(C)NCC2CCN(C)CC2)cc1. The molecule has 106 valence electrons. The van der Waals surface area contributed by atoms with Crippen LogP contribution >= 0.6 is 0 Å². The van der Waals surface area contributed by atoms with Gasteiger partial charge in [-0.15, -0.1) is 0 Å². The van der Waals surface area contributed by atoms with Crippen molar-refractivity contribution in [3.8, 4) is 0 Å². The van der Waals surface area contributed by atoms with Crippen LogP contribution in [0.5, 0.6) is 0 Å². The predicted octanol–water partition coefficient (Wildman–Crippen LogP) is 3.24. The first-order valence-electron chi connectivity index (χ1n) is 7.69. The second-order valence-electron chi connectivity index (χ2n) is 5.97. The summed E-state index contributed by atoms with van der Waals surface area (Å²) in [6.07, 6.45) is 3.80. The van der Waals surface area contributed by atoms with Gasteiger partial charge in [-0.25, -0.2) is 0 Å². The van der Waals surface area contributed by atoms with Crippen LogP contribution in [0.25, 0.3) is 0 Å². The van der Waals surface area contributed by atoms with Gasteiger partial charge >= 0.3 is 0 Å². The molecule has 1 heterocycles. The van der Waals surface area contributed by atoms with Crippen LogP contribution in [-0.2, 0) is 6.42 Å². The normalized spacial score (nSPS) is 19.5. The topological polar surface area (TPSA) is 15.3 Å². The van der Waals surface area contributed by atoms with Crippen LogP contribution in [0.2, 0.25) is 0 Å². The first-order chi connectivity index (χ1) is 9.19. The molecule has 2 rings (SSSR count). The maximum Gasteiger partial charge on any atom is 0.0291 e. The number of rotatable bonds is 5. The average Bonchev–Trinajstić information content (AvgIpc) is 2.46. The average molecular weight is 260 g/mol.